The van der Waals surface area contributed by atoms with Gasteiger partial charge in [0.05, 0.1) is 0 Å². The van der Waals surface area contributed by atoms with Gasteiger partial charge in [0, 0.05) is 31.5 Å². The Morgan fingerprint density at radius 1 is 0.500 bits per heavy atom. The van der Waals surface area contributed by atoms with E-state index in [-0.39, 0.29) is 0 Å². The van der Waals surface area contributed by atoms with Gasteiger partial charge in [-0.1, -0.05) is 84.9 Å². The number of benzene rings is 5. The second kappa shape index (κ2) is 7.01. The fourth-order valence-corrected chi connectivity index (χ4v) is 5.40. The average Bonchev–Trinajstić information content (AvgIpc) is 3.18. The zero-order chi connectivity index (χ0) is 19.9. The third-order valence-electron chi connectivity index (χ3n) is 5.64. The monoisotopic (exact) mass is 401 g/mol. The first-order valence-corrected chi connectivity index (χ1v) is 10.9. The van der Waals surface area contributed by atoms with Crippen molar-refractivity contribution in [2.75, 3.05) is 5.32 Å². The maximum atomic E-state index is 3.56. The SMILES string of the molecule is c1ccc(-c2ccc(Nc3ccc4c(c3)sc3c5ccccc5ccc43)cc2)cc1. The Morgan fingerprint density at radius 3 is 2.07 bits per heavy atom. The fraction of sp³-hybridized carbons (Fsp3) is 0. The highest BCUT2D eigenvalue weighted by Crippen LogP contribution is 2.39. The first kappa shape index (κ1) is 17.3. The molecule has 1 N–H and O–H groups in total. The second-order valence-electron chi connectivity index (χ2n) is 7.54. The molecule has 5 aromatic carbocycles. The summed E-state index contributed by atoms with van der Waals surface area (Å²) in [5, 5.41) is 8.86. The molecule has 1 heterocycles. The summed E-state index contributed by atoms with van der Waals surface area (Å²) in [6, 6.07) is 38.9. The van der Waals surface area contributed by atoms with Crippen LogP contribution in [-0.2, 0) is 0 Å². The molecule has 30 heavy (non-hydrogen) atoms. The van der Waals surface area contributed by atoms with Gasteiger partial charge >= 0.3 is 0 Å². The molecule has 0 saturated carbocycles. The zero-order valence-corrected chi connectivity index (χ0v) is 17.1. The van der Waals surface area contributed by atoms with E-state index in [4.69, 9.17) is 0 Å². The lowest BCUT2D eigenvalue weighted by molar-refractivity contribution is 1.56. The number of hydrogen-bond donors (Lipinski definition) is 1. The molecule has 6 rings (SSSR count). The van der Waals surface area contributed by atoms with Crippen LogP contribution in [0.4, 0.5) is 11.4 Å². The van der Waals surface area contributed by atoms with Crippen molar-refractivity contribution < 1.29 is 0 Å². The molecular weight excluding hydrogens is 382 g/mol. The van der Waals surface area contributed by atoms with Crippen LogP contribution in [0, 0.1) is 0 Å². The van der Waals surface area contributed by atoms with Crippen LogP contribution in [0.25, 0.3) is 42.1 Å². The van der Waals surface area contributed by atoms with Gasteiger partial charge in [0.1, 0.15) is 0 Å². The smallest absolute Gasteiger partial charge is 0.0433 e. The molecule has 1 nitrogen and oxygen atoms in total. The van der Waals surface area contributed by atoms with Crippen molar-refractivity contribution in [3.63, 3.8) is 0 Å². The molecule has 0 aliphatic rings. The van der Waals surface area contributed by atoms with E-state index in [1.807, 2.05) is 17.4 Å². The zero-order valence-electron chi connectivity index (χ0n) is 16.3. The minimum atomic E-state index is 1.10. The Hall–Kier alpha value is -3.62. The molecule has 0 amide bonds. The van der Waals surface area contributed by atoms with E-state index in [9.17, 15) is 0 Å². The van der Waals surface area contributed by atoms with Crippen molar-refractivity contribution in [1.82, 2.24) is 0 Å². The molecule has 0 spiro atoms. The number of anilines is 2. The highest BCUT2D eigenvalue weighted by atomic mass is 32.1. The quantitative estimate of drug-likeness (QED) is 0.313. The maximum Gasteiger partial charge on any atom is 0.0433 e. The third kappa shape index (κ3) is 2.94. The van der Waals surface area contributed by atoms with Gasteiger partial charge in [0.2, 0.25) is 0 Å². The van der Waals surface area contributed by atoms with E-state index in [2.05, 4.69) is 108 Å². The van der Waals surface area contributed by atoms with E-state index in [1.165, 1.54) is 42.1 Å². The standard InChI is InChI=1S/C28H19NS/c1-2-6-19(7-3-1)20-10-13-22(14-11-20)29-23-15-17-25-26-16-12-21-8-4-5-9-24(21)28(26)30-27(25)18-23/h1-18,29H. The molecule has 0 unspecified atom stereocenters. The molecule has 142 valence electrons. The van der Waals surface area contributed by atoms with Crippen LogP contribution < -0.4 is 5.32 Å². The molecule has 1 aromatic heterocycles. The lowest BCUT2D eigenvalue weighted by atomic mass is 10.1. The molecule has 0 fully saturated rings. The molecule has 0 bridgehead atoms. The molecule has 0 saturated heterocycles. The van der Waals surface area contributed by atoms with Gasteiger partial charge in [-0.05, 0) is 46.2 Å². The van der Waals surface area contributed by atoms with Crippen molar-refractivity contribution in [1.29, 1.82) is 0 Å². The summed E-state index contributed by atoms with van der Waals surface area (Å²) in [5.74, 6) is 0. The summed E-state index contributed by atoms with van der Waals surface area (Å²) < 4.78 is 2.68. The lowest BCUT2D eigenvalue weighted by Gasteiger charge is -2.08. The first-order valence-electron chi connectivity index (χ1n) is 10.1. The Balaban J connectivity index is 1.36. The third-order valence-corrected chi connectivity index (χ3v) is 6.85. The first-order chi connectivity index (χ1) is 14.8. The van der Waals surface area contributed by atoms with E-state index in [0.29, 0.717) is 0 Å². The van der Waals surface area contributed by atoms with Crippen LogP contribution in [0.1, 0.15) is 0 Å². The fourth-order valence-electron chi connectivity index (χ4n) is 4.13. The molecule has 0 radical (unpaired) electrons. The van der Waals surface area contributed by atoms with E-state index >= 15 is 0 Å². The average molecular weight is 402 g/mol. The van der Waals surface area contributed by atoms with Crippen molar-refractivity contribution in [2.24, 2.45) is 0 Å². The second-order valence-corrected chi connectivity index (χ2v) is 8.60. The van der Waals surface area contributed by atoms with Crippen LogP contribution in [-0.4, -0.2) is 0 Å². The van der Waals surface area contributed by atoms with Gasteiger partial charge in [-0.2, -0.15) is 0 Å². The maximum absolute atomic E-state index is 3.56. The number of nitrogens with one attached hydrogen (secondary N) is 1. The van der Waals surface area contributed by atoms with Crippen molar-refractivity contribution in [3.05, 3.63) is 109 Å². The molecule has 0 aliphatic carbocycles. The van der Waals surface area contributed by atoms with Gasteiger partial charge in [0.25, 0.3) is 0 Å². The Labute approximate surface area is 179 Å². The predicted octanol–water partition coefficient (Wildman–Crippen LogP) is 8.62. The van der Waals surface area contributed by atoms with Gasteiger partial charge in [-0.15, -0.1) is 11.3 Å². The van der Waals surface area contributed by atoms with Crippen molar-refractivity contribution in [2.45, 2.75) is 0 Å². The molecule has 0 aliphatic heterocycles. The summed E-state index contributed by atoms with van der Waals surface area (Å²) in [6.07, 6.45) is 0. The summed E-state index contributed by atoms with van der Waals surface area (Å²) in [7, 11) is 0. The van der Waals surface area contributed by atoms with E-state index < -0.39 is 0 Å². The van der Waals surface area contributed by atoms with Crippen LogP contribution >= 0.6 is 11.3 Å². The number of rotatable bonds is 3. The summed E-state index contributed by atoms with van der Waals surface area (Å²) in [5.41, 5.74) is 4.68. The molecular formula is C28H19NS. The van der Waals surface area contributed by atoms with Crippen molar-refractivity contribution >= 4 is 53.7 Å². The highest BCUT2D eigenvalue weighted by molar-refractivity contribution is 7.26. The minimum absolute atomic E-state index is 1.10. The van der Waals surface area contributed by atoms with Gasteiger partial charge in [-0.3, -0.25) is 0 Å². The number of fused-ring (bicyclic) bond motifs is 5. The van der Waals surface area contributed by atoms with Gasteiger partial charge in [-0.25, -0.2) is 0 Å². The minimum Gasteiger partial charge on any atom is -0.355 e. The Bertz CT molecular complexity index is 1490. The number of hydrogen-bond acceptors (Lipinski definition) is 2. The van der Waals surface area contributed by atoms with E-state index in [0.717, 1.165) is 11.4 Å². The topological polar surface area (TPSA) is 12.0 Å². The Morgan fingerprint density at radius 2 is 1.20 bits per heavy atom. The summed E-state index contributed by atoms with van der Waals surface area (Å²) in [4.78, 5) is 0. The molecule has 0 atom stereocenters. The molecule has 2 heteroatoms. The highest BCUT2D eigenvalue weighted by Gasteiger charge is 2.09. The number of thiophene rings is 1. The van der Waals surface area contributed by atoms with Gasteiger partial charge in [0.15, 0.2) is 0 Å². The van der Waals surface area contributed by atoms with Crippen LogP contribution in [0.5, 0.6) is 0 Å². The summed E-state index contributed by atoms with van der Waals surface area (Å²) >= 11 is 1.88. The largest absolute Gasteiger partial charge is 0.355 e. The van der Waals surface area contributed by atoms with E-state index in [1.54, 1.807) is 0 Å². The normalized spacial score (nSPS) is 11.3. The van der Waals surface area contributed by atoms with Gasteiger partial charge < -0.3 is 5.32 Å². The molecule has 6 aromatic rings. The predicted molar refractivity (Wildman–Crippen MR) is 132 cm³/mol. The van der Waals surface area contributed by atoms with Crippen LogP contribution in [0.15, 0.2) is 109 Å². The Kier molecular flexibility index (Phi) is 4.03. The van der Waals surface area contributed by atoms with Crippen molar-refractivity contribution in [3.8, 4) is 11.1 Å². The summed E-state index contributed by atoms with van der Waals surface area (Å²) in [6.45, 7) is 0. The lowest BCUT2D eigenvalue weighted by Crippen LogP contribution is -1.89. The van der Waals surface area contributed by atoms with Crippen LogP contribution in [0.3, 0.4) is 0 Å². The van der Waals surface area contributed by atoms with Crippen LogP contribution in [0.2, 0.25) is 0 Å².